The molecule has 0 saturated carbocycles. The summed E-state index contributed by atoms with van der Waals surface area (Å²) in [5.41, 5.74) is 1.59. The van der Waals surface area contributed by atoms with Gasteiger partial charge < -0.3 is 10.0 Å². The summed E-state index contributed by atoms with van der Waals surface area (Å²) in [6, 6.07) is 11.2. The van der Waals surface area contributed by atoms with E-state index in [4.69, 9.17) is 0 Å². The molecule has 1 amide bonds. The molecule has 102 valence electrons. The van der Waals surface area contributed by atoms with Gasteiger partial charge in [0.05, 0.1) is 5.56 Å². The molecule has 20 heavy (non-hydrogen) atoms. The molecule has 0 saturated heterocycles. The molecule has 2 aromatic rings. The summed E-state index contributed by atoms with van der Waals surface area (Å²) in [6.45, 7) is 3.38. The third kappa shape index (κ3) is 2.27. The standard InChI is InChI=1S/C17H17NO2/c1-12-5-4-8-18(11-12)17(20)15-9-13-6-2-3-7-14(13)10-16(15)19/h2-3,5-7,9-10,19H,4,8,11H2,1H3. The lowest BCUT2D eigenvalue weighted by atomic mass is 10.0. The van der Waals surface area contributed by atoms with Crippen molar-refractivity contribution in [3.8, 4) is 5.75 Å². The molecule has 1 aliphatic rings. The highest BCUT2D eigenvalue weighted by Gasteiger charge is 2.21. The van der Waals surface area contributed by atoms with E-state index in [1.165, 1.54) is 5.57 Å². The zero-order valence-corrected chi connectivity index (χ0v) is 11.5. The van der Waals surface area contributed by atoms with Gasteiger partial charge in [-0.2, -0.15) is 0 Å². The zero-order chi connectivity index (χ0) is 14.1. The molecule has 1 heterocycles. The number of benzene rings is 2. The molecule has 0 unspecified atom stereocenters. The Balaban J connectivity index is 1.99. The highest BCUT2D eigenvalue weighted by Crippen LogP contribution is 2.27. The maximum Gasteiger partial charge on any atom is 0.257 e. The number of nitrogens with zero attached hydrogens (tertiary/aromatic N) is 1. The maximum absolute atomic E-state index is 12.5. The number of phenolic OH excluding ortho intramolecular Hbond substituents is 1. The van der Waals surface area contributed by atoms with E-state index in [-0.39, 0.29) is 11.7 Å². The van der Waals surface area contributed by atoms with E-state index in [2.05, 4.69) is 6.08 Å². The number of fused-ring (bicyclic) bond motifs is 1. The van der Waals surface area contributed by atoms with Gasteiger partial charge in [0, 0.05) is 13.1 Å². The fourth-order valence-corrected chi connectivity index (χ4v) is 2.65. The number of rotatable bonds is 1. The fraction of sp³-hybridized carbons (Fsp3) is 0.235. The lowest BCUT2D eigenvalue weighted by molar-refractivity contribution is 0.0763. The Morgan fingerprint density at radius 3 is 2.60 bits per heavy atom. The largest absolute Gasteiger partial charge is 0.507 e. The molecule has 3 heteroatoms. The third-order valence-electron chi connectivity index (χ3n) is 3.71. The molecular formula is C17H17NO2. The first kappa shape index (κ1) is 12.7. The number of aromatic hydroxyl groups is 1. The molecule has 0 radical (unpaired) electrons. The molecule has 0 atom stereocenters. The van der Waals surface area contributed by atoms with Crippen LogP contribution >= 0.6 is 0 Å². The summed E-state index contributed by atoms with van der Waals surface area (Å²) < 4.78 is 0. The number of carbonyl (C=O) groups excluding carboxylic acids is 1. The van der Waals surface area contributed by atoms with Gasteiger partial charge in [0.25, 0.3) is 5.91 Å². The summed E-state index contributed by atoms with van der Waals surface area (Å²) in [5.74, 6) is -0.0402. The van der Waals surface area contributed by atoms with Crippen molar-refractivity contribution < 1.29 is 9.90 Å². The van der Waals surface area contributed by atoms with Crippen molar-refractivity contribution in [2.75, 3.05) is 13.1 Å². The highest BCUT2D eigenvalue weighted by molar-refractivity contribution is 6.01. The monoisotopic (exact) mass is 267 g/mol. The molecule has 3 nitrogen and oxygen atoms in total. The molecule has 2 aromatic carbocycles. The molecule has 1 N–H and O–H groups in total. The molecule has 3 rings (SSSR count). The van der Waals surface area contributed by atoms with Crippen LogP contribution < -0.4 is 0 Å². The van der Waals surface area contributed by atoms with E-state index in [9.17, 15) is 9.90 Å². The molecule has 0 fully saturated rings. The summed E-state index contributed by atoms with van der Waals surface area (Å²) in [7, 11) is 0. The topological polar surface area (TPSA) is 40.5 Å². The minimum atomic E-state index is -0.0966. The lowest BCUT2D eigenvalue weighted by Gasteiger charge is -2.26. The van der Waals surface area contributed by atoms with Crippen LogP contribution in [0.2, 0.25) is 0 Å². The number of phenols is 1. The van der Waals surface area contributed by atoms with Crippen LogP contribution in [-0.2, 0) is 0 Å². The van der Waals surface area contributed by atoms with E-state index >= 15 is 0 Å². The van der Waals surface area contributed by atoms with Gasteiger partial charge in [0.15, 0.2) is 0 Å². The average molecular weight is 267 g/mol. The van der Waals surface area contributed by atoms with Crippen molar-refractivity contribution in [3.05, 3.63) is 53.6 Å². The fourth-order valence-electron chi connectivity index (χ4n) is 2.65. The van der Waals surface area contributed by atoms with Gasteiger partial charge in [-0.15, -0.1) is 0 Å². The zero-order valence-electron chi connectivity index (χ0n) is 11.5. The second-order valence-corrected chi connectivity index (χ2v) is 5.28. The minimum absolute atomic E-state index is 0.0564. The van der Waals surface area contributed by atoms with Crippen molar-refractivity contribution in [2.45, 2.75) is 13.3 Å². The number of hydrogen-bond acceptors (Lipinski definition) is 2. The van der Waals surface area contributed by atoms with Crippen molar-refractivity contribution in [1.29, 1.82) is 0 Å². The predicted octanol–water partition coefficient (Wildman–Crippen LogP) is 3.34. The first-order valence-electron chi connectivity index (χ1n) is 6.82. The molecule has 0 spiro atoms. The van der Waals surface area contributed by atoms with Gasteiger partial charge >= 0.3 is 0 Å². The van der Waals surface area contributed by atoms with Crippen LogP contribution in [0.1, 0.15) is 23.7 Å². The minimum Gasteiger partial charge on any atom is -0.507 e. The quantitative estimate of drug-likeness (QED) is 0.805. The second kappa shape index (κ2) is 5.00. The van der Waals surface area contributed by atoms with Crippen LogP contribution in [0.25, 0.3) is 10.8 Å². The summed E-state index contributed by atoms with van der Waals surface area (Å²) in [5, 5.41) is 12.0. The number of amides is 1. The van der Waals surface area contributed by atoms with E-state index in [0.29, 0.717) is 18.7 Å². The van der Waals surface area contributed by atoms with Gasteiger partial charge in [-0.25, -0.2) is 0 Å². The van der Waals surface area contributed by atoms with Crippen LogP contribution in [0.4, 0.5) is 0 Å². The van der Waals surface area contributed by atoms with Crippen molar-refractivity contribution in [1.82, 2.24) is 4.90 Å². The number of carbonyl (C=O) groups is 1. The second-order valence-electron chi connectivity index (χ2n) is 5.28. The molecule has 0 bridgehead atoms. The SMILES string of the molecule is CC1=CCCN(C(=O)c2cc3ccccc3cc2O)C1. The first-order valence-corrected chi connectivity index (χ1v) is 6.82. The van der Waals surface area contributed by atoms with Crippen LogP contribution in [0.15, 0.2) is 48.0 Å². The van der Waals surface area contributed by atoms with E-state index < -0.39 is 0 Å². The van der Waals surface area contributed by atoms with Gasteiger partial charge in [-0.1, -0.05) is 35.9 Å². The molecule has 0 aliphatic carbocycles. The van der Waals surface area contributed by atoms with E-state index in [1.54, 1.807) is 17.0 Å². The normalized spacial score (nSPS) is 15.2. The smallest absolute Gasteiger partial charge is 0.257 e. The Morgan fingerprint density at radius 2 is 1.90 bits per heavy atom. The van der Waals surface area contributed by atoms with Crippen LogP contribution in [0.5, 0.6) is 5.75 Å². The Hall–Kier alpha value is -2.29. The Bertz CT molecular complexity index is 703. The van der Waals surface area contributed by atoms with Gasteiger partial charge in [-0.05, 0) is 36.2 Å². The summed E-state index contributed by atoms with van der Waals surface area (Å²) in [6.07, 6.45) is 3.04. The van der Waals surface area contributed by atoms with E-state index in [0.717, 1.165) is 17.2 Å². The lowest BCUT2D eigenvalue weighted by Crippen LogP contribution is -2.35. The average Bonchev–Trinajstić information content (AvgIpc) is 2.46. The van der Waals surface area contributed by atoms with E-state index in [1.807, 2.05) is 31.2 Å². The van der Waals surface area contributed by atoms with Gasteiger partial charge in [0.2, 0.25) is 0 Å². The third-order valence-corrected chi connectivity index (χ3v) is 3.71. The Morgan fingerprint density at radius 1 is 1.20 bits per heavy atom. The predicted molar refractivity (Wildman–Crippen MR) is 79.9 cm³/mol. The van der Waals surface area contributed by atoms with Gasteiger partial charge in [-0.3, -0.25) is 4.79 Å². The van der Waals surface area contributed by atoms with Crippen LogP contribution in [0.3, 0.4) is 0 Å². The van der Waals surface area contributed by atoms with Crippen molar-refractivity contribution in [3.63, 3.8) is 0 Å². The van der Waals surface area contributed by atoms with Crippen molar-refractivity contribution in [2.24, 2.45) is 0 Å². The highest BCUT2D eigenvalue weighted by atomic mass is 16.3. The maximum atomic E-state index is 12.5. The molecule has 1 aliphatic heterocycles. The molecular weight excluding hydrogens is 250 g/mol. The first-order chi connectivity index (χ1) is 9.65. The number of hydrogen-bond donors (Lipinski definition) is 1. The molecule has 0 aromatic heterocycles. The van der Waals surface area contributed by atoms with Crippen molar-refractivity contribution >= 4 is 16.7 Å². The summed E-state index contributed by atoms with van der Waals surface area (Å²) >= 11 is 0. The Kier molecular flexibility index (Phi) is 3.18. The van der Waals surface area contributed by atoms with Crippen LogP contribution in [0, 0.1) is 0 Å². The van der Waals surface area contributed by atoms with Gasteiger partial charge in [0.1, 0.15) is 5.75 Å². The summed E-state index contributed by atoms with van der Waals surface area (Å²) in [4.78, 5) is 14.3. The Labute approximate surface area is 118 Å². The van der Waals surface area contributed by atoms with Crippen LogP contribution in [-0.4, -0.2) is 29.0 Å².